The summed E-state index contributed by atoms with van der Waals surface area (Å²) in [5.41, 5.74) is 13.1. The monoisotopic (exact) mass is 622 g/mol. The lowest BCUT2D eigenvalue weighted by molar-refractivity contribution is 0.663. The van der Waals surface area contributed by atoms with Crippen molar-refractivity contribution in [1.82, 2.24) is 0 Å². The molecule has 0 spiro atoms. The van der Waals surface area contributed by atoms with E-state index in [9.17, 15) is 0 Å². The second kappa shape index (κ2) is 10.5. The summed E-state index contributed by atoms with van der Waals surface area (Å²) in [6, 6.07) is 63.0. The largest absolute Gasteiger partial charge is 0.0616 e. The highest BCUT2D eigenvalue weighted by molar-refractivity contribution is 6.22. The lowest BCUT2D eigenvalue weighted by Gasteiger charge is -2.26. The van der Waals surface area contributed by atoms with E-state index >= 15 is 0 Å². The van der Waals surface area contributed by atoms with Crippen LogP contribution in [0.5, 0.6) is 0 Å². The first kappa shape index (κ1) is 28.1. The molecule has 0 unspecified atom stereocenters. The summed E-state index contributed by atoms with van der Waals surface area (Å²) in [5.74, 6) is 0. The molecule has 0 heterocycles. The maximum atomic E-state index is 2.41. The number of benzene rings is 9. The molecular formula is C49H34. The van der Waals surface area contributed by atoms with Gasteiger partial charge in [0.15, 0.2) is 0 Å². The zero-order valence-electron chi connectivity index (χ0n) is 27.7. The van der Waals surface area contributed by atoms with Crippen molar-refractivity contribution in [3.8, 4) is 44.5 Å². The minimum absolute atomic E-state index is 0.149. The second-order valence-electron chi connectivity index (χ2n) is 14.0. The Hall–Kier alpha value is -5.98. The van der Waals surface area contributed by atoms with Crippen LogP contribution in [0.25, 0.3) is 87.6 Å². The Morgan fingerprint density at radius 2 is 0.755 bits per heavy atom. The zero-order chi connectivity index (χ0) is 32.7. The number of fused-ring (bicyclic) bond motifs is 8. The van der Waals surface area contributed by atoms with Crippen molar-refractivity contribution in [2.75, 3.05) is 0 Å². The van der Waals surface area contributed by atoms with Crippen LogP contribution in [0.1, 0.15) is 25.0 Å². The van der Waals surface area contributed by atoms with Gasteiger partial charge in [0.25, 0.3) is 0 Å². The van der Waals surface area contributed by atoms with Gasteiger partial charge in [0.2, 0.25) is 0 Å². The Bertz CT molecular complexity index is 2720. The van der Waals surface area contributed by atoms with Gasteiger partial charge in [-0.15, -0.1) is 0 Å². The van der Waals surface area contributed by atoms with E-state index in [4.69, 9.17) is 0 Å². The van der Waals surface area contributed by atoms with Crippen molar-refractivity contribution < 1.29 is 0 Å². The van der Waals surface area contributed by atoms with Crippen molar-refractivity contribution >= 4 is 43.1 Å². The quantitative estimate of drug-likeness (QED) is 0.172. The number of rotatable bonds is 3. The first-order valence-corrected chi connectivity index (χ1v) is 17.3. The van der Waals surface area contributed by atoms with Crippen LogP contribution in [0.15, 0.2) is 170 Å². The Labute approximate surface area is 286 Å². The van der Waals surface area contributed by atoms with Gasteiger partial charge in [0.1, 0.15) is 0 Å². The van der Waals surface area contributed by atoms with E-state index in [2.05, 4.69) is 184 Å². The van der Waals surface area contributed by atoms with Gasteiger partial charge in [-0.3, -0.25) is 0 Å². The van der Waals surface area contributed by atoms with E-state index < -0.39 is 0 Å². The molecule has 0 radical (unpaired) electrons. The average molecular weight is 623 g/mol. The molecule has 0 amide bonds. The highest BCUT2D eigenvalue weighted by Gasteiger charge is 2.39. The number of hydrogen-bond donors (Lipinski definition) is 0. The van der Waals surface area contributed by atoms with Crippen molar-refractivity contribution in [3.05, 3.63) is 181 Å². The van der Waals surface area contributed by atoms with E-state index in [1.807, 2.05) is 0 Å². The van der Waals surface area contributed by atoms with Gasteiger partial charge in [-0.2, -0.15) is 0 Å². The second-order valence-corrected chi connectivity index (χ2v) is 14.0. The smallest absolute Gasteiger partial charge is 0.0165 e. The van der Waals surface area contributed by atoms with Crippen LogP contribution in [0.2, 0.25) is 0 Å². The fraction of sp³-hybridized carbons (Fsp3) is 0.0612. The highest BCUT2D eigenvalue weighted by atomic mass is 14.4. The summed E-state index contributed by atoms with van der Waals surface area (Å²) < 4.78 is 0. The molecule has 1 aliphatic rings. The molecular weight excluding hydrogens is 589 g/mol. The topological polar surface area (TPSA) is 0 Å². The van der Waals surface area contributed by atoms with Crippen LogP contribution in [-0.4, -0.2) is 0 Å². The summed E-state index contributed by atoms with van der Waals surface area (Å²) in [7, 11) is 0. The fourth-order valence-corrected chi connectivity index (χ4v) is 8.88. The zero-order valence-corrected chi connectivity index (χ0v) is 27.7. The molecule has 0 saturated carbocycles. The minimum atomic E-state index is -0.149. The van der Waals surface area contributed by atoms with Crippen LogP contribution in [0, 0.1) is 0 Å². The summed E-state index contributed by atoms with van der Waals surface area (Å²) in [6.07, 6.45) is 0. The fourth-order valence-electron chi connectivity index (χ4n) is 8.88. The SMILES string of the molecule is CC1(C)c2ccc3ccccc3c2-c2cccc(-c3c4ccccc4c(-c4ccc(-c5cccc6ccccc56)cc4)c4ccccc34)c21. The van der Waals surface area contributed by atoms with Gasteiger partial charge < -0.3 is 0 Å². The normalized spacial score (nSPS) is 13.3. The van der Waals surface area contributed by atoms with Crippen LogP contribution in [0.4, 0.5) is 0 Å². The van der Waals surface area contributed by atoms with Crippen molar-refractivity contribution in [2.24, 2.45) is 0 Å². The molecule has 49 heavy (non-hydrogen) atoms. The third kappa shape index (κ3) is 4.04. The summed E-state index contributed by atoms with van der Waals surface area (Å²) in [5, 5.41) is 10.3. The highest BCUT2D eigenvalue weighted by Crippen LogP contribution is 2.56. The summed E-state index contributed by atoms with van der Waals surface area (Å²) in [4.78, 5) is 0. The van der Waals surface area contributed by atoms with E-state index in [0.717, 1.165) is 0 Å². The Kier molecular flexibility index (Phi) is 6.02. The van der Waals surface area contributed by atoms with Gasteiger partial charge in [0.05, 0.1) is 0 Å². The molecule has 1 aliphatic carbocycles. The van der Waals surface area contributed by atoms with Gasteiger partial charge in [-0.05, 0) is 98.7 Å². The van der Waals surface area contributed by atoms with Crippen molar-refractivity contribution in [2.45, 2.75) is 19.3 Å². The molecule has 0 atom stereocenters. The third-order valence-corrected chi connectivity index (χ3v) is 11.0. The maximum absolute atomic E-state index is 2.41. The average Bonchev–Trinajstić information content (AvgIpc) is 3.40. The molecule has 0 heteroatoms. The molecule has 10 rings (SSSR count). The number of hydrogen-bond acceptors (Lipinski definition) is 0. The van der Waals surface area contributed by atoms with Gasteiger partial charge in [-0.1, -0.05) is 184 Å². The molecule has 0 nitrogen and oxygen atoms in total. The predicted molar refractivity (Wildman–Crippen MR) is 210 cm³/mol. The predicted octanol–water partition coefficient (Wildman–Crippen LogP) is 13.6. The van der Waals surface area contributed by atoms with Gasteiger partial charge in [-0.25, -0.2) is 0 Å². The molecule has 9 aromatic rings. The standard InChI is InChI=1S/C49H34/c1-49(2)44-30-29-32-14-4-6-17-37(32)47(44)43-24-12-23-42(48(43)49)46-40-20-9-7-18-38(40)45(39-19-8-10-21-41(39)46)34-27-25-33(26-28-34)36-22-11-15-31-13-3-5-16-35(31)36/h3-30H,1-2H3. The first-order chi connectivity index (χ1) is 24.1. The van der Waals surface area contributed by atoms with Crippen LogP contribution >= 0.6 is 0 Å². The summed E-state index contributed by atoms with van der Waals surface area (Å²) in [6.45, 7) is 4.82. The van der Waals surface area contributed by atoms with Crippen molar-refractivity contribution in [1.29, 1.82) is 0 Å². The molecule has 9 aromatic carbocycles. The Morgan fingerprint density at radius 3 is 1.41 bits per heavy atom. The Morgan fingerprint density at radius 1 is 0.306 bits per heavy atom. The van der Waals surface area contributed by atoms with Crippen LogP contribution in [0.3, 0.4) is 0 Å². The molecule has 0 bridgehead atoms. The van der Waals surface area contributed by atoms with E-state index in [1.165, 1.54) is 98.7 Å². The third-order valence-electron chi connectivity index (χ3n) is 11.0. The lowest BCUT2D eigenvalue weighted by Crippen LogP contribution is -2.16. The molecule has 0 aromatic heterocycles. The van der Waals surface area contributed by atoms with E-state index in [0.29, 0.717) is 0 Å². The minimum Gasteiger partial charge on any atom is -0.0616 e. The lowest BCUT2D eigenvalue weighted by atomic mass is 9.76. The van der Waals surface area contributed by atoms with Gasteiger partial charge in [0, 0.05) is 5.41 Å². The maximum Gasteiger partial charge on any atom is 0.0165 e. The van der Waals surface area contributed by atoms with Crippen molar-refractivity contribution in [3.63, 3.8) is 0 Å². The van der Waals surface area contributed by atoms with Crippen LogP contribution in [-0.2, 0) is 5.41 Å². The Balaban J connectivity index is 1.22. The van der Waals surface area contributed by atoms with E-state index in [1.54, 1.807) is 0 Å². The molecule has 0 aliphatic heterocycles. The van der Waals surface area contributed by atoms with Gasteiger partial charge >= 0.3 is 0 Å². The van der Waals surface area contributed by atoms with Crippen LogP contribution < -0.4 is 0 Å². The molecule has 0 fully saturated rings. The summed E-state index contributed by atoms with van der Waals surface area (Å²) >= 11 is 0. The first-order valence-electron chi connectivity index (χ1n) is 17.3. The molecule has 0 N–H and O–H groups in total. The van der Waals surface area contributed by atoms with E-state index in [-0.39, 0.29) is 5.41 Å². The molecule has 0 saturated heterocycles. The molecule has 230 valence electrons.